The molecule has 0 saturated carbocycles. The van der Waals surface area contributed by atoms with Gasteiger partial charge < -0.3 is 19.7 Å². The van der Waals surface area contributed by atoms with E-state index in [1.54, 1.807) is 0 Å². The molecule has 0 saturated heterocycles. The van der Waals surface area contributed by atoms with E-state index < -0.39 is 22.3 Å². The molecule has 2 aromatic carbocycles. The van der Waals surface area contributed by atoms with E-state index in [0.29, 0.717) is 38.1 Å². The second-order valence-electron chi connectivity index (χ2n) is 8.95. The number of benzene rings is 2. The molecule has 1 heterocycles. The first-order valence-corrected chi connectivity index (χ1v) is 14.7. The Morgan fingerprint density at radius 2 is 1.84 bits per heavy atom. The number of rotatable bonds is 15. The van der Waals surface area contributed by atoms with E-state index in [-0.39, 0.29) is 6.61 Å². The van der Waals surface area contributed by atoms with Crippen LogP contribution in [0.25, 0.3) is 10.6 Å². The third-order valence-electron chi connectivity index (χ3n) is 5.50. The first-order chi connectivity index (χ1) is 18.2. The van der Waals surface area contributed by atoms with Crippen molar-refractivity contribution in [3.05, 3.63) is 71.2 Å². The fraction of sp³-hybridized carbons (Fsp3) is 0.385. The van der Waals surface area contributed by atoms with Gasteiger partial charge in [-0.3, -0.25) is 0 Å². The lowest BCUT2D eigenvalue weighted by atomic mass is 10.1. The second kappa shape index (κ2) is 14.8. The molecule has 4 N–H and O–H groups in total. The highest BCUT2D eigenvalue weighted by Crippen LogP contribution is 2.29. The van der Waals surface area contributed by atoms with E-state index in [1.807, 2.05) is 74.1 Å². The summed E-state index contributed by atoms with van der Waals surface area (Å²) < 4.78 is 37.0. The highest BCUT2D eigenvalue weighted by Gasteiger charge is 2.20. The Morgan fingerprint density at radius 1 is 1.11 bits per heavy atom. The Hall–Kier alpha value is -3.03. The standard InChI is InChI=1S/C26H35N5O5S2/c1-31(2)16-17-35-22-13-11-21(12-14-22)25-29-24(19-37-25)23(30-38(27,33)34)10-6-7-15-28-26(32)36-18-20-8-4-3-5-9-20/h3-5,8-9,11-14,19,23,30H,6-7,10,15-18H2,1-2H3,(H,28,32)(H2,27,33,34). The van der Waals surface area contributed by atoms with Crippen LogP contribution < -0.4 is 19.9 Å². The summed E-state index contributed by atoms with van der Waals surface area (Å²) in [7, 11) is 0.0509. The van der Waals surface area contributed by atoms with Crippen LogP contribution in [-0.4, -0.2) is 58.2 Å². The first-order valence-electron chi connectivity index (χ1n) is 12.3. The Bertz CT molecular complexity index is 1230. The third kappa shape index (κ3) is 10.8. The van der Waals surface area contributed by atoms with E-state index >= 15 is 0 Å². The quantitative estimate of drug-likeness (QED) is 0.241. The molecular formula is C26H35N5O5S2. The van der Waals surface area contributed by atoms with E-state index in [2.05, 4.69) is 19.9 Å². The van der Waals surface area contributed by atoms with E-state index in [9.17, 15) is 13.2 Å². The van der Waals surface area contributed by atoms with Gasteiger partial charge in [-0.25, -0.2) is 14.9 Å². The van der Waals surface area contributed by atoms with Gasteiger partial charge in [0.05, 0.1) is 11.7 Å². The van der Waals surface area contributed by atoms with Gasteiger partial charge in [-0.1, -0.05) is 30.3 Å². The lowest BCUT2D eigenvalue weighted by molar-refractivity contribution is 0.139. The molecule has 0 aliphatic carbocycles. The summed E-state index contributed by atoms with van der Waals surface area (Å²) in [4.78, 5) is 18.6. The number of amides is 1. The highest BCUT2D eigenvalue weighted by molar-refractivity contribution is 7.87. The first kappa shape index (κ1) is 29.5. The second-order valence-corrected chi connectivity index (χ2v) is 11.1. The molecule has 38 heavy (non-hydrogen) atoms. The van der Waals surface area contributed by atoms with Gasteiger partial charge in [-0.15, -0.1) is 11.3 Å². The van der Waals surface area contributed by atoms with Gasteiger partial charge in [0, 0.05) is 24.0 Å². The van der Waals surface area contributed by atoms with Crippen LogP contribution in [0, 0.1) is 0 Å². The maximum atomic E-state index is 11.9. The number of carbonyl (C=O) groups is 1. The van der Waals surface area contributed by atoms with Crippen molar-refractivity contribution in [2.24, 2.45) is 5.14 Å². The van der Waals surface area contributed by atoms with Crippen LogP contribution in [0.1, 0.15) is 36.6 Å². The zero-order chi connectivity index (χ0) is 27.4. The molecule has 3 rings (SSSR count). The molecule has 1 unspecified atom stereocenters. The summed E-state index contributed by atoms with van der Waals surface area (Å²) in [5.74, 6) is 0.777. The predicted octanol–water partition coefficient (Wildman–Crippen LogP) is 3.68. The Balaban J connectivity index is 1.49. The largest absolute Gasteiger partial charge is 0.492 e. The number of carbonyl (C=O) groups excluding carboxylic acids is 1. The van der Waals surface area contributed by atoms with Crippen molar-refractivity contribution in [1.29, 1.82) is 0 Å². The van der Waals surface area contributed by atoms with Gasteiger partial charge in [0.2, 0.25) is 0 Å². The van der Waals surface area contributed by atoms with Crippen molar-refractivity contribution in [1.82, 2.24) is 19.9 Å². The average molecular weight is 562 g/mol. The summed E-state index contributed by atoms with van der Waals surface area (Å²) >= 11 is 1.43. The number of thiazole rings is 1. The molecule has 1 aromatic heterocycles. The van der Waals surface area contributed by atoms with Crippen molar-refractivity contribution < 1.29 is 22.7 Å². The number of unbranched alkanes of at least 4 members (excludes halogenated alkanes) is 1. The summed E-state index contributed by atoms with van der Waals surface area (Å²) in [5.41, 5.74) is 2.42. The van der Waals surface area contributed by atoms with Crippen LogP contribution in [0.2, 0.25) is 0 Å². The molecule has 0 radical (unpaired) electrons. The number of hydrogen-bond acceptors (Lipinski definition) is 8. The molecule has 12 heteroatoms. The van der Waals surface area contributed by atoms with Gasteiger partial charge in [0.1, 0.15) is 24.0 Å². The average Bonchev–Trinajstić information content (AvgIpc) is 3.37. The Labute approximate surface area is 228 Å². The fourth-order valence-corrected chi connectivity index (χ4v) is 5.04. The van der Waals surface area contributed by atoms with E-state index in [1.165, 1.54) is 11.3 Å². The molecule has 10 nitrogen and oxygen atoms in total. The van der Waals surface area contributed by atoms with Crippen LogP contribution in [-0.2, 0) is 21.6 Å². The van der Waals surface area contributed by atoms with Gasteiger partial charge >= 0.3 is 6.09 Å². The maximum Gasteiger partial charge on any atom is 0.407 e. The molecule has 1 atom stereocenters. The van der Waals surface area contributed by atoms with Crippen molar-refractivity contribution in [3.63, 3.8) is 0 Å². The smallest absolute Gasteiger partial charge is 0.407 e. The Morgan fingerprint density at radius 3 is 2.53 bits per heavy atom. The topological polar surface area (TPSA) is 136 Å². The van der Waals surface area contributed by atoms with Gasteiger partial charge in [-0.05, 0) is 63.2 Å². The van der Waals surface area contributed by atoms with Crippen LogP contribution in [0.3, 0.4) is 0 Å². The summed E-state index contributed by atoms with van der Waals surface area (Å²) in [6.07, 6.45) is 1.25. The number of aromatic nitrogens is 1. The molecular weight excluding hydrogens is 526 g/mol. The third-order valence-corrected chi connectivity index (χ3v) is 7.02. The van der Waals surface area contributed by atoms with Crippen LogP contribution in [0.5, 0.6) is 5.75 Å². The number of alkyl carbamates (subject to hydrolysis) is 1. The Kier molecular flexibility index (Phi) is 11.5. The summed E-state index contributed by atoms with van der Waals surface area (Å²) in [6, 6.07) is 16.5. The number of ether oxygens (including phenoxy) is 2. The van der Waals surface area contributed by atoms with Crippen molar-refractivity contribution in [2.75, 3.05) is 33.8 Å². The van der Waals surface area contributed by atoms with Crippen LogP contribution in [0.15, 0.2) is 60.0 Å². The minimum atomic E-state index is -3.93. The molecule has 0 bridgehead atoms. The number of hydrogen-bond donors (Lipinski definition) is 3. The molecule has 3 aromatic rings. The zero-order valence-corrected chi connectivity index (χ0v) is 23.3. The normalized spacial score (nSPS) is 12.3. The van der Waals surface area contributed by atoms with Crippen LogP contribution >= 0.6 is 11.3 Å². The van der Waals surface area contributed by atoms with Crippen LogP contribution in [0.4, 0.5) is 4.79 Å². The van der Waals surface area contributed by atoms with E-state index in [0.717, 1.165) is 28.4 Å². The van der Waals surface area contributed by atoms with E-state index in [4.69, 9.17) is 14.6 Å². The summed E-state index contributed by atoms with van der Waals surface area (Å²) in [6.45, 7) is 2.02. The minimum absolute atomic E-state index is 0.200. The van der Waals surface area contributed by atoms with Gasteiger partial charge in [-0.2, -0.15) is 13.1 Å². The SMILES string of the molecule is CN(C)CCOc1ccc(-c2nc(C(CCCCNC(=O)OCc3ccccc3)NS(N)(=O)=O)cs2)cc1. The number of nitrogens with zero attached hydrogens (tertiary/aromatic N) is 2. The predicted molar refractivity (Wildman–Crippen MR) is 149 cm³/mol. The van der Waals surface area contributed by atoms with Gasteiger partial charge in [0.15, 0.2) is 0 Å². The molecule has 0 spiro atoms. The molecule has 0 aliphatic heterocycles. The lowest BCUT2D eigenvalue weighted by Crippen LogP contribution is -2.34. The molecule has 1 amide bonds. The molecule has 0 aliphatic rings. The maximum absolute atomic E-state index is 11.9. The molecule has 206 valence electrons. The lowest BCUT2D eigenvalue weighted by Gasteiger charge is -2.15. The summed E-state index contributed by atoms with van der Waals surface area (Å²) in [5, 5.41) is 10.6. The fourth-order valence-electron chi connectivity index (χ4n) is 3.52. The monoisotopic (exact) mass is 561 g/mol. The zero-order valence-electron chi connectivity index (χ0n) is 21.6. The minimum Gasteiger partial charge on any atom is -0.492 e. The highest BCUT2D eigenvalue weighted by atomic mass is 32.2. The van der Waals surface area contributed by atoms with Crippen molar-refractivity contribution in [3.8, 4) is 16.3 Å². The van der Waals surface area contributed by atoms with Crippen molar-refractivity contribution >= 4 is 27.6 Å². The number of nitrogens with one attached hydrogen (secondary N) is 2. The van der Waals surface area contributed by atoms with Crippen molar-refractivity contribution in [2.45, 2.75) is 31.9 Å². The molecule has 0 fully saturated rings. The number of likely N-dealkylation sites (N-methyl/N-ethyl adjacent to an activating group) is 1. The van der Waals surface area contributed by atoms with Gasteiger partial charge in [0.25, 0.3) is 10.2 Å². The number of nitrogens with two attached hydrogens (primary N) is 1.